The van der Waals surface area contributed by atoms with Crippen LogP contribution in [-0.4, -0.2) is 15.4 Å². The van der Waals surface area contributed by atoms with Gasteiger partial charge in [-0.05, 0) is 13.8 Å². The summed E-state index contributed by atoms with van der Waals surface area (Å²) in [6.45, 7) is 3.82. The number of nitrogens with two attached hydrogens (primary N) is 1. The van der Waals surface area contributed by atoms with Gasteiger partial charge in [-0.3, -0.25) is 0 Å². The largest absolute Gasteiger partial charge is 0.382 e. The fourth-order valence-corrected chi connectivity index (χ4v) is 1.40. The molecule has 1 aromatic heterocycles. The van der Waals surface area contributed by atoms with E-state index in [1.807, 2.05) is 31.7 Å². The topological polar surface area (TPSA) is 68.2 Å². The van der Waals surface area contributed by atoms with Gasteiger partial charge < -0.3 is 15.6 Å². The number of rotatable bonds is 0. The van der Waals surface area contributed by atoms with Crippen molar-refractivity contribution in [2.45, 2.75) is 13.8 Å². The molecule has 1 aliphatic heterocycles. The van der Waals surface area contributed by atoms with E-state index in [0.29, 0.717) is 5.84 Å². The number of aromatic nitrogens is 2. The number of aliphatic imine (C=N–C) groups is 1. The van der Waals surface area contributed by atoms with Crippen LogP contribution in [0, 0.1) is 6.92 Å². The van der Waals surface area contributed by atoms with Crippen molar-refractivity contribution in [3.8, 4) is 0 Å². The lowest BCUT2D eigenvalue weighted by atomic mass is 10.4. The van der Waals surface area contributed by atoms with E-state index in [0.717, 1.165) is 23.0 Å². The summed E-state index contributed by atoms with van der Waals surface area (Å²) in [7, 11) is 1.94. The Kier molecular flexibility index (Phi) is 1.80. The fraction of sp³-hybridized carbons (Fsp3) is 0.333. The van der Waals surface area contributed by atoms with Crippen LogP contribution >= 0.6 is 0 Å². The highest BCUT2D eigenvalue weighted by Gasteiger charge is 2.16. The molecule has 0 unspecified atom stereocenters. The van der Waals surface area contributed by atoms with E-state index in [-0.39, 0.29) is 0 Å². The van der Waals surface area contributed by atoms with E-state index >= 15 is 0 Å². The van der Waals surface area contributed by atoms with Crippen molar-refractivity contribution < 1.29 is 0 Å². The Morgan fingerprint density at radius 1 is 1.43 bits per heavy atom. The Morgan fingerprint density at radius 3 is 2.86 bits per heavy atom. The highest BCUT2D eigenvalue weighted by molar-refractivity contribution is 6.01. The molecule has 5 nitrogen and oxygen atoms in total. The van der Waals surface area contributed by atoms with Crippen LogP contribution in [0.3, 0.4) is 0 Å². The summed E-state index contributed by atoms with van der Waals surface area (Å²) in [6, 6.07) is 0. The van der Waals surface area contributed by atoms with Crippen molar-refractivity contribution in [1.29, 1.82) is 0 Å². The molecule has 3 N–H and O–H groups in total. The lowest BCUT2D eigenvalue weighted by Crippen LogP contribution is -2.14. The highest BCUT2D eigenvalue weighted by Crippen LogP contribution is 2.19. The summed E-state index contributed by atoms with van der Waals surface area (Å²) in [6.07, 6.45) is 1.82. The van der Waals surface area contributed by atoms with Crippen LogP contribution in [0.25, 0.3) is 0 Å². The smallest absolute Gasteiger partial charge is 0.153 e. The third-order valence-corrected chi connectivity index (χ3v) is 2.28. The molecular formula is C9H13N5. The molecule has 2 rings (SSSR count). The Hall–Kier alpha value is -1.78. The number of nitrogens with zero attached hydrogens (tertiary/aromatic N) is 3. The molecular weight excluding hydrogens is 178 g/mol. The highest BCUT2D eigenvalue weighted by atomic mass is 15.2. The molecule has 2 heterocycles. The van der Waals surface area contributed by atoms with E-state index in [1.54, 1.807) is 0 Å². The Bertz CT molecular complexity index is 438. The summed E-state index contributed by atoms with van der Waals surface area (Å²) in [5.41, 5.74) is 7.38. The summed E-state index contributed by atoms with van der Waals surface area (Å²) in [4.78, 5) is 8.53. The third-order valence-electron chi connectivity index (χ3n) is 2.28. The molecule has 1 aromatic rings. The van der Waals surface area contributed by atoms with Gasteiger partial charge in [-0.2, -0.15) is 0 Å². The first-order chi connectivity index (χ1) is 6.59. The summed E-state index contributed by atoms with van der Waals surface area (Å²) in [5, 5.41) is 3.14. The molecule has 0 saturated heterocycles. The van der Waals surface area contributed by atoms with Crippen LogP contribution in [0.5, 0.6) is 0 Å². The van der Waals surface area contributed by atoms with E-state index in [9.17, 15) is 0 Å². The Labute approximate surface area is 82.3 Å². The maximum atomic E-state index is 5.81. The van der Waals surface area contributed by atoms with Gasteiger partial charge in [-0.1, -0.05) is 0 Å². The van der Waals surface area contributed by atoms with Crippen LogP contribution in [0.1, 0.15) is 18.4 Å². The zero-order valence-corrected chi connectivity index (χ0v) is 8.50. The first kappa shape index (κ1) is 8.80. The SMILES string of the molecule is CC1=CNc2c(nc(C)n2C)C(N)=N1. The minimum atomic E-state index is 0.461. The fourth-order valence-electron chi connectivity index (χ4n) is 1.40. The van der Waals surface area contributed by atoms with Crippen molar-refractivity contribution in [2.24, 2.45) is 17.8 Å². The maximum Gasteiger partial charge on any atom is 0.153 e. The van der Waals surface area contributed by atoms with Gasteiger partial charge in [0.05, 0.1) is 5.70 Å². The average Bonchev–Trinajstić information content (AvgIpc) is 2.32. The monoisotopic (exact) mass is 191 g/mol. The third kappa shape index (κ3) is 1.17. The molecule has 0 bridgehead atoms. The lowest BCUT2D eigenvalue weighted by Gasteiger charge is -2.02. The molecule has 0 aromatic carbocycles. The van der Waals surface area contributed by atoms with E-state index < -0.39 is 0 Å². The van der Waals surface area contributed by atoms with Gasteiger partial charge in [0.25, 0.3) is 0 Å². The molecule has 0 atom stereocenters. The molecule has 14 heavy (non-hydrogen) atoms. The molecule has 5 heteroatoms. The van der Waals surface area contributed by atoms with Gasteiger partial charge in [0.1, 0.15) is 17.3 Å². The predicted molar refractivity (Wildman–Crippen MR) is 56.0 cm³/mol. The first-order valence-corrected chi connectivity index (χ1v) is 4.40. The number of anilines is 1. The van der Waals surface area contributed by atoms with E-state index in [2.05, 4.69) is 15.3 Å². The van der Waals surface area contributed by atoms with Crippen LogP contribution in [0.2, 0.25) is 0 Å². The Morgan fingerprint density at radius 2 is 2.14 bits per heavy atom. The van der Waals surface area contributed by atoms with Crippen molar-refractivity contribution in [3.63, 3.8) is 0 Å². The molecule has 0 aliphatic carbocycles. The summed E-state index contributed by atoms with van der Waals surface area (Å²) in [5.74, 6) is 2.26. The molecule has 74 valence electrons. The second kappa shape index (κ2) is 2.87. The number of aryl methyl sites for hydroxylation is 1. The summed E-state index contributed by atoms with van der Waals surface area (Å²) >= 11 is 0. The minimum absolute atomic E-state index is 0.461. The van der Waals surface area contributed by atoms with Crippen molar-refractivity contribution in [1.82, 2.24) is 9.55 Å². The second-order valence-electron chi connectivity index (χ2n) is 3.34. The van der Waals surface area contributed by atoms with Crippen LogP contribution in [0.4, 0.5) is 5.82 Å². The quantitative estimate of drug-likeness (QED) is 0.635. The number of fused-ring (bicyclic) bond motifs is 1. The zero-order chi connectivity index (χ0) is 10.3. The van der Waals surface area contributed by atoms with Crippen molar-refractivity contribution >= 4 is 11.7 Å². The molecule has 0 spiro atoms. The normalized spacial score (nSPS) is 15.1. The predicted octanol–water partition coefficient (Wildman–Crippen LogP) is 0.721. The molecule has 1 aliphatic rings. The van der Waals surface area contributed by atoms with Gasteiger partial charge in [0.15, 0.2) is 5.84 Å². The number of hydrogen-bond donors (Lipinski definition) is 2. The van der Waals surface area contributed by atoms with Crippen molar-refractivity contribution in [2.75, 3.05) is 5.32 Å². The molecule has 0 amide bonds. The lowest BCUT2D eigenvalue weighted by molar-refractivity contribution is 0.864. The van der Waals surface area contributed by atoms with Gasteiger partial charge in [-0.15, -0.1) is 0 Å². The van der Waals surface area contributed by atoms with Gasteiger partial charge in [0, 0.05) is 13.2 Å². The molecule has 0 fully saturated rings. The van der Waals surface area contributed by atoms with Crippen LogP contribution in [-0.2, 0) is 7.05 Å². The van der Waals surface area contributed by atoms with Crippen LogP contribution < -0.4 is 11.1 Å². The first-order valence-electron chi connectivity index (χ1n) is 4.40. The second-order valence-corrected chi connectivity index (χ2v) is 3.34. The molecule has 0 radical (unpaired) electrons. The number of nitrogens with one attached hydrogen (secondary N) is 1. The number of allylic oxidation sites excluding steroid dienone is 1. The van der Waals surface area contributed by atoms with Gasteiger partial charge >= 0.3 is 0 Å². The maximum absolute atomic E-state index is 5.81. The van der Waals surface area contributed by atoms with Gasteiger partial charge in [-0.25, -0.2) is 9.98 Å². The Balaban J connectivity index is 2.62. The van der Waals surface area contributed by atoms with E-state index in [4.69, 9.17) is 5.73 Å². The standard InChI is InChI=1S/C9H13N5/c1-5-4-11-9-7(8(10)12-5)13-6(2)14(9)3/h4,11H,1-3H3,(H2,10,12). The van der Waals surface area contributed by atoms with Crippen LogP contribution in [0.15, 0.2) is 16.9 Å². The number of hydrogen-bond acceptors (Lipinski definition) is 4. The van der Waals surface area contributed by atoms with E-state index in [1.165, 1.54) is 0 Å². The van der Waals surface area contributed by atoms with Crippen molar-refractivity contribution in [3.05, 3.63) is 23.4 Å². The average molecular weight is 191 g/mol. The summed E-state index contributed by atoms with van der Waals surface area (Å²) < 4.78 is 1.95. The van der Waals surface area contributed by atoms with Gasteiger partial charge in [0.2, 0.25) is 0 Å². The number of imidazole rings is 1. The minimum Gasteiger partial charge on any atom is -0.382 e. The zero-order valence-electron chi connectivity index (χ0n) is 8.50. The molecule has 0 saturated carbocycles. The number of amidine groups is 1.